The SMILES string of the molecule is CC1(C(=O)O)CCCC(=O)C1Cc1ccco1. The molecule has 1 fully saturated rings. The monoisotopic (exact) mass is 236 g/mol. The molecule has 1 aromatic rings. The molecule has 92 valence electrons. The Bertz CT molecular complexity index is 421. The van der Waals surface area contributed by atoms with E-state index in [0.717, 1.165) is 0 Å². The first-order valence-electron chi connectivity index (χ1n) is 5.82. The highest BCUT2D eigenvalue weighted by Gasteiger charge is 2.47. The molecule has 4 heteroatoms. The quantitative estimate of drug-likeness (QED) is 0.874. The van der Waals surface area contributed by atoms with E-state index in [-0.39, 0.29) is 5.78 Å². The van der Waals surface area contributed by atoms with E-state index in [1.165, 1.54) is 0 Å². The second kappa shape index (κ2) is 4.35. The standard InChI is InChI=1S/C13H16O4/c1-13(12(15)16)6-2-5-11(14)10(13)8-9-4-3-7-17-9/h3-4,7,10H,2,5-6,8H2,1H3,(H,15,16). The Labute approximate surface area is 99.6 Å². The molecule has 0 radical (unpaired) electrons. The minimum Gasteiger partial charge on any atom is -0.481 e. The van der Waals surface area contributed by atoms with Gasteiger partial charge < -0.3 is 9.52 Å². The van der Waals surface area contributed by atoms with Gasteiger partial charge in [-0.2, -0.15) is 0 Å². The number of hydrogen-bond donors (Lipinski definition) is 1. The molecule has 0 spiro atoms. The molecule has 0 aliphatic heterocycles. The molecule has 2 unspecified atom stereocenters. The molecular formula is C13H16O4. The summed E-state index contributed by atoms with van der Waals surface area (Å²) in [6.45, 7) is 1.67. The molecule has 1 saturated carbocycles. The Hall–Kier alpha value is -1.58. The second-order valence-electron chi connectivity index (χ2n) is 4.88. The van der Waals surface area contributed by atoms with Crippen molar-refractivity contribution < 1.29 is 19.1 Å². The number of carboxylic acids is 1. The summed E-state index contributed by atoms with van der Waals surface area (Å²) >= 11 is 0. The Kier molecular flexibility index (Phi) is 3.05. The van der Waals surface area contributed by atoms with Gasteiger partial charge in [-0.25, -0.2) is 0 Å². The van der Waals surface area contributed by atoms with Gasteiger partial charge in [0.15, 0.2) is 0 Å². The van der Waals surface area contributed by atoms with Crippen molar-refractivity contribution in [2.75, 3.05) is 0 Å². The van der Waals surface area contributed by atoms with Gasteiger partial charge in [-0.15, -0.1) is 0 Å². The fraction of sp³-hybridized carbons (Fsp3) is 0.538. The number of carbonyl (C=O) groups excluding carboxylic acids is 1. The number of carboxylic acid groups (broad SMARTS) is 1. The number of rotatable bonds is 3. The average molecular weight is 236 g/mol. The summed E-state index contributed by atoms with van der Waals surface area (Å²) in [5.74, 6) is -0.641. The van der Waals surface area contributed by atoms with Crippen LogP contribution in [0.5, 0.6) is 0 Å². The Morgan fingerprint density at radius 2 is 2.41 bits per heavy atom. The molecule has 2 rings (SSSR count). The summed E-state index contributed by atoms with van der Waals surface area (Å²) in [4.78, 5) is 23.3. The maximum atomic E-state index is 11.9. The maximum absolute atomic E-state index is 11.9. The first-order valence-corrected chi connectivity index (χ1v) is 5.82. The molecule has 4 nitrogen and oxygen atoms in total. The number of ketones is 1. The van der Waals surface area contributed by atoms with Crippen molar-refractivity contribution in [1.82, 2.24) is 0 Å². The van der Waals surface area contributed by atoms with Crippen molar-refractivity contribution in [2.24, 2.45) is 11.3 Å². The van der Waals surface area contributed by atoms with Crippen LogP contribution in [-0.4, -0.2) is 16.9 Å². The molecule has 0 aromatic carbocycles. The number of furan rings is 1. The Morgan fingerprint density at radius 3 is 3.00 bits per heavy atom. The van der Waals surface area contributed by atoms with Crippen molar-refractivity contribution in [3.05, 3.63) is 24.2 Å². The molecule has 1 N–H and O–H groups in total. The van der Waals surface area contributed by atoms with E-state index in [0.29, 0.717) is 31.4 Å². The summed E-state index contributed by atoms with van der Waals surface area (Å²) < 4.78 is 5.21. The number of aliphatic carboxylic acids is 1. The Balaban J connectivity index is 2.25. The predicted octanol–water partition coefficient (Wildman–Crippen LogP) is 2.28. The first-order chi connectivity index (χ1) is 8.04. The minimum atomic E-state index is -0.956. The maximum Gasteiger partial charge on any atom is 0.310 e. The largest absolute Gasteiger partial charge is 0.481 e. The van der Waals surface area contributed by atoms with Gasteiger partial charge in [-0.1, -0.05) is 0 Å². The van der Waals surface area contributed by atoms with Crippen LogP contribution in [0.15, 0.2) is 22.8 Å². The number of hydrogen-bond acceptors (Lipinski definition) is 3. The van der Waals surface area contributed by atoms with Crippen LogP contribution in [0.4, 0.5) is 0 Å². The van der Waals surface area contributed by atoms with Crippen LogP contribution in [0.25, 0.3) is 0 Å². The van der Waals surface area contributed by atoms with E-state index < -0.39 is 17.3 Å². The van der Waals surface area contributed by atoms with Gasteiger partial charge in [0.25, 0.3) is 0 Å². The fourth-order valence-corrected chi connectivity index (χ4v) is 2.56. The van der Waals surface area contributed by atoms with Gasteiger partial charge in [0.1, 0.15) is 11.5 Å². The molecule has 17 heavy (non-hydrogen) atoms. The number of carbonyl (C=O) groups is 2. The minimum absolute atomic E-state index is 0.0394. The van der Waals surface area contributed by atoms with Crippen molar-refractivity contribution >= 4 is 11.8 Å². The highest BCUT2D eigenvalue weighted by molar-refractivity contribution is 5.89. The summed E-state index contributed by atoms with van der Waals surface area (Å²) in [5, 5.41) is 9.33. The third kappa shape index (κ3) is 2.12. The molecule has 0 amide bonds. The zero-order valence-electron chi connectivity index (χ0n) is 9.81. The normalized spacial score (nSPS) is 29.2. The smallest absolute Gasteiger partial charge is 0.310 e. The summed E-state index contributed by atoms with van der Waals surface area (Å²) in [7, 11) is 0. The molecule has 1 aliphatic rings. The second-order valence-corrected chi connectivity index (χ2v) is 4.88. The zero-order chi connectivity index (χ0) is 12.5. The van der Waals surface area contributed by atoms with Crippen molar-refractivity contribution in [2.45, 2.75) is 32.6 Å². The van der Waals surface area contributed by atoms with E-state index in [1.807, 2.05) is 0 Å². The van der Waals surface area contributed by atoms with E-state index in [2.05, 4.69) is 0 Å². The van der Waals surface area contributed by atoms with Gasteiger partial charge in [-0.3, -0.25) is 9.59 Å². The molecule has 2 atom stereocenters. The van der Waals surface area contributed by atoms with Crippen LogP contribution in [-0.2, 0) is 16.0 Å². The van der Waals surface area contributed by atoms with E-state index >= 15 is 0 Å². The van der Waals surface area contributed by atoms with E-state index in [9.17, 15) is 14.7 Å². The van der Waals surface area contributed by atoms with Crippen molar-refractivity contribution in [3.63, 3.8) is 0 Å². The molecule has 1 aliphatic carbocycles. The van der Waals surface area contributed by atoms with Crippen LogP contribution in [0.3, 0.4) is 0 Å². The van der Waals surface area contributed by atoms with Gasteiger partial charge in [0.05, 0.1) is 11.7 Å². The Morgan fingerprint density at radius 1 is 1.65 bits per heavy atom. The van der Waals surface area contributed by atoms with Gasteiger partial charge in [0, 0.05) is 18.8 Å². The lowest BCUT2D eigenvalue weighted by atomic mass is 9.65. The van der Waals surface area contributed by atoms with Gasteiger partial charge in [0.2, 0.25) is 0 Å². The van der Waals surface area contributed by atoms with E-state index in [4.69, 9.17) is 4.42 Å². The molecule has 0 saturated heterocycles. The lowest BCUT2D eigenvalue weighted by Gasteiger charge is -2.36. The lowest BCUT2D eigenvalue weighted by Crippen LogP contribution is -2.44. The van der Waals surface area contributed by atoms with Crippen LogP contribution in [0.1, 0.15) is 31.9 Å². The first kappa shape index (κ1) is 11.9. The highest BCUT2D eigenvalue weighted by atomic mass is 16.4. The van der Waals surface area contributed by atoms with Crippen LogP contribution < -0.4 is 0 Å². The van der Waals surface area contributed by atoms with Crippen LogP contribution in [0, 0.1) is 11.3 Å². The molecule has 0 bridgehead atoms. The summed E-state index contributed by atoms with van der Waals surface area (Å²) in [6.07, 6.45) is 3.62. The molecule has 1 heterocycles. The fourth-order valence-electron chi connectivity index (χ4n) is 2.56. The summed E-state index contributed by atoms with van der Waals surface area (Å²) in [5.41, 5.74) is -0.956. The summed E-state index contributed by atoms with van der Waals surface area (Å²) in [6, 6.07) is 3.53. The number of Topliss-reactive ketones (excluding diaryl/α,β-unsaturated/α-hetero) is 1. The lowest BCUT2D eigenvalue weighted by molar-refractivity contribution is -0.158. The van der Waals surface area contributed by atoms with Gasteiger partial charge in [-0.05, 0) is 31.9 Å². The zero-order valence-corrected chi connectivity index (χ0v) is 9.81. The third-order valence-electron chi connectivity index (χ3n) is 3.75. The third-order valence-corrected chi connectivity index (χ3v) is 3.75. The van der Waals surface area contributed by atoms with E-state index in [1.54, 1.807) is 25.3 Å². The predicted molar refractivity (Wildman–Crippen MR) is 60.5 cm³/mol. The van der Waals surface area contributed by atoms with Gasteiger partial charge >= 0.3 is 5.97 Å². The van der Waals surface area contributed by atoms with Crippen LogP contribution >= 0.6 is 0 Å². The molecule has 1 aromatic heterocycles. The highest BCUT2D eigenvalue weighted by Crippen LogP contribution is 2.41. The van der Waals surface area contributed by atoms with Crippen molar-refractivity contribution in [1.29, 1.82) is 0 Å². The average Bonchev–Trinajstić information content (AvgIpc) is 2.76. The van der Waals surface area contributed by atoms with Crippen LogP contribution in [0.2, 0.25) is 0 Å². The molecular weight excluding hydrogens is 220 g/mol. The van der Waals surface area contributed by atoms with Crippen molar-refractivity contribution in [3.8, 4) is 0 Å². The topological polar surface area (TPSA) is 67.5 Å².